The molecule has 0 aliphatic rings. The van der Waals surface area contributed by atoms with Crippen LogP contribution in [0.5, 0.6) is 0 Å². The number of carbonyl (C=O) groups is 1. The third-order valence-corrected chi connectivity index (χ3v) is 2.01. The van der Waals surface area contributed by atoms with Crippen LogP contribution in [0.4, 0.5) is 0 Å². The predicted octanol–water partition coefficient (Wildman–Crippen LogP) is 2.04. The van der Waals surface area contributed by atoms with Crippen LogP contribution in [0, 0.1) is 5.92 Å². The van der Waals surface area contributed by atoms with Gasteiger partial charge in [0.2, 0.25) is 0 Å². The monoisotopic (exact) mass is 188 g/mol. The summed E-state index contributed by atoms with van der Waals surface area (Å²) in [5.74, 6) is -0.532. The molecule has 0 spiro atoms. The first-order valence-electron chi connectivity index (χ1n) is 4.75. The molecule has 2 N–H and O–H groups in total. The second-order valence-electron chi connectivity index (χ2n) is 4.41. The number of carboxylic acids is 1. The van der Waals surface area contributed by atoms with Crippen molar-refractivity contribution in [1.82, 2.24) is 0 Å². The van der Waals surface area contributed by atoms with Crippen molar-refractivity contribution in [2.75, 3.05) is 0 Å². The minimum atomic E-state index is -0.740. The van der Waals surface area contributed by atoms with Gasteiger partial charge in [0.15, 0.2) is 0 Å². The maximum absolute atomic E-state index is 10.3. The van der Waals surface area contributed by atoms with Crippen molar-refractivity contribution in [2.24, 2.45) is 5.92 Å². The zero-order valence-corrected chi connectivity index (χ0v) is 8.71. The van der Waals surface area contributed by atoms with E-state index >= 15 is 0 Å². The molecule has 13 heavy (non-hydrogen) atoms. The minimum Gasteiger partial charge on any atom is -0.481 e. The summed E-state index contributed by atoms with van der Waals surface area (Å²) in [7, 11) is 0. The summed E-state index contributed by atoms with van der Waals surface area (Å²) >= 11 is 0. The molecule has 3 heteroatoms. The molecule has 78 valence electrons. The van der Waals surface area contributed by atoms with Crippen LogP contribution >= 0.6 is 0 Å². The number of carboxylic acid groups (broad SMARTS) is 1. The van der Waals surface area contributed by atoms with Gasteiger partial charge in [0.1, 0.15) is 0 Å². The van der Waals surface area contributed by atoms with Crippen LogP contribution in [-0.4, -0.2) is 21.8 Å². The molecule has 0 aliphatic heterocycles. The standard InChI is InChI=1S/C10H20O3/c1-8(7-9(11)12)5-4-6-10(2,3)13/h8,13H,4-7H2,1-3H3,(H,11,12)/t8-/m1/s1. The van der Waals surface area contributed by atoms with E-state index in [1.165, 1.54) is 0 Å². The Morgan fingerprint density at radius 2 is 2.00 bits per heavy atom. The first kappa shape index (κ1) is 12.4. The fourth-order valence-corrected chi connectivity index (χ4v) is 1.28. The Morgan fingerprint density at radius 1 is 1.46 bits per heavy atom. The molecule has 0 aliphatic carbocycles. The normalized spacial score (nSPS) is 14.2. The molecule has 0 aromatic carbocycles. The van der Waals surface area contributed by atoms with Gasteiger partial charge in [-0.3, -0.25) is 4.79 Å². The smallest absolute Gasteiger partial charge is 0.303 e. The maximum atomic E-state index is 10.3. The van der Waals surface area contributed by atoms with Gasteiger partial charge < -0.3 is 10.2 Å². The van der Waals surface area contributed by atoms with Gasteiger partial charge in [-0.25, -0.2) is 0 Å². The zero-order chi connectivity index (χ0) is 10.5. The largest absolute Gasteiger partial charge is 0.481 e. The Bertz CT molecular complexity index is 158. The lowest BCUT2D eigenvalue weighted by molar-refractivity contribution is -0.138. The van der Waals surface area contributed by atoms with Crippen molar-refractivity contribution in [3.63, 3.8) is 0 Å². The average molecular weight is 188 g/mol. The minimum absolute atomic E-state index is 0.208. The molecule has 0 unspecified atom stereocenters. The van der Waals surface area contributed by atoms with E-state index in [4.69, 9.17) is 5.11 Å². The van der Waals surface area contributed by atoms with Crippen molar-refractivity contribution in [3.8, 4) is 0 Å². The van der Waals surface area contributed by atoms with Crippen LogP contribution in [0.15, 0.2) is 0 Å². The van der Waals surface area contributed by atoms with Crippen LogP contribution in [0.2, 0.25) is 0 Å². The summed E-state index contributed by atoms with van der Waals surface area (Å²) in [6.07, 6.45) is 2.72. The molecule has 0 aromatic heterocycles. The lowest BCUT2D eigenvalue weighted by Crippen LogP contribution is -2.18. The van der Waals surface area contributed by atoms with Crippen LogP contribution in [0.25, 0.3) is 0 Å². The third kappa shape index (κ3) is 9.34. The average Bonchev–Trinajstić information content (AvgIpc) is 1.81. The second kappa shape index (κ2) is 5.22. The number of hydrogen-bond donors (Lipinski definition) is 2. The zero-order valence-electron chi connectivity index (χ0n) is 8.71. The summed E-state index contributed by atoms with van der Waals surface area (Å²) in [6, 6.07) is 0. The van der Waals surface area contributed by atoms with Crippen molar-refractivity contribution < 1.29 is 15.0 Å². The lowest BCUT2D eigenvalue weighted by Gasteiger charge is -2.17. The number of aliphatic hydroxyl groups is 1. The van der Waals surface area contributed by atoms with Crippen molar-refractivity contribution >= 4 is 5.97 Å². The third-order valence-electron chi connectivity index (χ3n) is 2.01. The van der Waals surface area contributed by atoms with Crippen LogP contribution in [0.1, 0.15) is 46.5 Å². The SMILES string of the molecule is C[C@H](CCCC(C)(C)O)CC(=O)O. The second-order valence-corrected chi connectivity index (χ2v) is 4.41. The molecule has 0 heterocycles. The maximum Gasteiger partial charge on any atom is 0.303 e. The van der Waals surface area contributed by atoms with E-state index < -0.39 is 11.6 Å². The summed E-state index contributed by atoms with van der Waals surface area (Å²) in [5, 5.41) is 17.9. The first-order chi connectivity index (χ1) is 5.81. The number of rotatable bonds is 6. The molecule has 0 aromatic rings. The fourth-order valence-electron chi connectivity index (χ4n) is 1.28. The van der Waals surface area contributed by atoms with Gasteiger partial charge in [0, 0.05) is 6.42 Å². The van der Waals surface area contributed by atoms with Crippen molar-refractivity contribution in [1.29, 1.82) is 0 Å². The first-order valence-corrected chi connectivity index (χ1v) is 4.75. The predicted molar refractivity (Wildman–Crippen MR) is 51.6 cm³/mol. The van der Waals surface area contributed by atoms with E-state index in [0.717, 1.165) is 19.3 Å². The van der Waals surface area contributed by atoms with E-state index in [1.54, 1.807) is 13.8 Å². The van der Waals surface area contributed by atoms with Gasteiger partial charge in [-0.2, -0.15) is 0 Å². The Balaban J connectivity index is 3.48. The molecular weight excluding hydrogens is 168 g/mol. The van der Waals surface area contributed by atoms with E-state index in [9.17, 15) is 9.90 Å². The van der Waals surface area contributed by atoms with E-state index in [2.05, 4.69) is 0 Å². The molecule has 0 rings (SSSR count). The number of hydrogen-bond acceptors (Lipinski definition) is 2. The van der Waals surface area contributed by atoms with Crippen molar-refractivity contribution in [3.05, 3.63) is 0 Å². The molecule has 0 saturated carbocycles. The molecule has 0 saturated heterocycles. The Labute approximate surface area is 79.8 Å². The van der Waals surface area contributed by atoms with Crippen LogP contribution in [0.3, 0.4) is 0 Å². The highest BCUT2D eigenvalue weighted by molar-refractivity contribution is 5.66. The van der Waals surface area contributed by atoms with E-state index in [1.807, 2.05) is 6.92 Å². The summed E-state index contributed by atoms with van der Waals surface area (Å²) in [4.78, 5) is 10.3. The molecule has 0 amide bonds. The number of aliphatic carboxylic acids is 1. The molecule has 0 radical (unpaired) electrons. The van der Waals surface area contributed by atoms with E-state index in [-0.39, 0.29) is 12.3 Å². The Morgan fingerprint density at radius 3 is 2.38 bits per heavy atom. The molecule has 1 atom stereocenters. The molecule has 0 bridgehead atoms. The topological polar surface area (TPSA) is 57.5 Å². The van der Waals surface area contributed by atoms with Crippen LogP contribution in [-0.2, 0) is 4.79 Å². The van der Waals surface area contributed by atoms with Gasteiger partial charge in [0.25, 0.3) is 0 Å². The molecule has 3 nitrogen and oxygen atoms in total. The Kier molecular flexibility index (Phi) is 4.99. The van der Waals surface area contributed by atoms with Gasteiger partial charge >= 0.3 is 5.97 Å². The van der Waals surface area contributed by atoms with Gasteiger partial charge in [0.05, 0.1) is 5.60 Å². The molecule has 0 fully saturated rings. The summed E-state index contributed by atoms with van der Waals surface area (Å²) in [6.45, 7) is 5.47. The highest BCUT2D eigenvalue weighted by atomic mass is 16.4. The quantitative estimate of drug-likeness (QED) is 0.670. The van der Waals surface area contributed by atoms with Gasteiger partial charge in [-0.05, 0) is 26.2 Å². The lowest BCUT2D eigenvalue weighted by atomic mass is 9.95. The van der Waals surface area contributed by atoms with Gasteiger partial charge in [-0.15, -0.1) is 0 Å². The van der Waals surface area contributed by atoms with E-state index in [0.29, 0.717) is 0 Å². The highest BCUT2D eigenvalue weighted by Crippen LogP contribution is 2.17. The van der Waals surface area contributed by atoms with Crippen molar-refractivity contribution in [2.45, 2.75) is 52.1 Å². The van der Waals surface area contributed by atoms with Gasteiger partial charge in [-0.1, -0.05) is 19.8 Å². The summed E-state index contributed by atoms with van der Waals surface area (Å²) < 4.78 is 0. The van der Waals surface area contributed by atoms with Crippen LogP contribution < -0.4 is 0 Å². The Hall–Kier alpha value is -0.570. The summed E-state index contributed by atoms with van der Waals surface area (Å²) in [5.41, 5.74) is -0.622. The fraction of sp³-hybridized carbons (Fsp3) is 0.900. The molecular formula is C10H20O3. The highest BCUT2D eigenvalue weighted by Gasteiger charge is 2.13.